The number of allylic oxidation sites excluding steroid dienone is 1. The fourth-order valence-electron chi connectivity index (χ4n) is 0.999. The molecule has 0 aliphatic heterocycles. The lowest BCUT2D eigenvalue weighted by Crippen LogP contribution is -2.21. The van der Waals surface area contributed by atoms with Gasteiger partial charge in [-0.3, -0.25) is 4.79 Å². The van der Waals surface area contributed by atoms with Crippen molar-refractivity contribution in [2.75, 3.05) is 13.1 Å². The molecule has 3 heteroatoms. The number of nitrogens with two attached hydrogens (primary N) is 1. The minimum atomic E-state index is -0.369. The van der Waals surface area contributed by atoms with Crippen LogP contribution in [0.1, 0.15) is 20.3 Å². The van der Waals surface area contributed by atoms with E-state index in [0.29, 0.717) is 12.0 Å². The molecule has 0 radical (unpaired) electrons. The smallest absolute Gasteiger partial charge is 0.246 e. The number of primary amides is 1. The van der Waals surface area contributed by atoms with Gasteiger partial charge in [-0.15, -0.1) is 6.58 Å². The molecule has 13 heavy (non-hydrogen) atoms. The zero-order valence-electron chi connectivity index (χ0n) is 8.42. The highest BCUT2D eigenvalue weighted by Crippen LogP contribution is 2.03. The Balaban J connectivity index is 4.48. The van der Waals surface area contributed by atoms with Gasteiger partial charge in [-0.25, -0.2) is 0 Å². The molecule has 0 saturated heterocycles. The SMILES string of the molecule is C=CCC(=CN(CC)CC)C(N)=O. The average molecular weight is 182 g/mol. The molecule has 0 aliphatic carbocycles. The molecule has 0 spiro atoms. The lowest BCUT2D eigenvalue weighted by Gasteiger charge is -2.16. The number of carbonyl (C=O) groups is 1. The third-order valence-electron chi connectivity index (χ3n) is 1.83. The van der Waals surface area contributed by atoms with Gasteiger partial charge in [0.05, 0.1) is 0 Å². The summed E-state index contributed by atoms with van der Waals surface area (Å²) in [5.41, 5.74) is 5.81. The van der Waals surface area contributed by atoms with Crippen LogP contribution >= 0.6 is 0 Å². The Morgan fingerprint density at radius 1 is 1.46 bits per heavy atom. The van der Waals surface area contributed by atoms with Crippen molar-refractivity contribution in [1.82, 2.24) is 4.90 Å². The van der Waals surface area contributed by atoms with Crippen molar-refractivity contribution in [3.8, 4) is 0 Å². The molecule has 0 aromatic carbocycles. The first kappa shape index (κ1) is 11.8. The van der Waals surface area contributed by atoms with Crippen LogP contribution in [-0.2, 0) is 4.79 Å². The third kappa shape index (κ3) is 4.35. The summed E-state index contributed by atoms with van der Waals surface area (Å²) in [5, 5.41) is 0. The minimum absolute atomic E-state index is 0.369. The zero-order valence-corrected chi connectivity index (χ0v) is 8.42. The summed E-state index contributed by atoms with van der Waals surface area (Å²) in [6.45, 7) is 9.40. The van der Waals surface area contributed by atoms with E-state index >= 15 is 0 Å². The molecule has 3 nitrogen and oxygen atoms in total. The van der Waals surface area contributed by atoms with E-state index in [9.17, 15) is 4.79 Å². The topological polar surface area (TPSA) is 46.3 Å². The molecule has 2 N–H and O–H groups in total. The first-order chi connectivity index (χ1) is 6.15. The van der Waals surface area contributed by atoms with Gasteiger partial charge in [-0.2, -0.15) is 0 Å². The highest BCUT2D eigenvalue weighted by atomic mass is 16.1. The van der Waals surface area contributed by atoms with Gasteiger partial charge in [-0.1, -0.05) is 6.08 Å². The van der Waals surface area contributed by atoms with Crippen molar-refractivity contribution in [3.63, 3.8) is 0 Å². The molecule has 0 aromatic rings. The largest absolute Gasteiger partial charge is 0.378 e. The van der Waals surface area contributed by atoms with E-state index < -0.39 is 0 Å². The van der Waals surface area contributed by atoms with Crippen molar-refractivity contribution in [3.05, 3.63) is 24.4 Å². The second kappa shape index (κ2) is 6.29. The summed E-state index contributed by atoms with van der Waals surface area (Å²) in [5.74, 6) is -0.369. The Morgan fingerprint density at radius 3 is 2.31 bits per heavy atom. The van der Waals surface area contributed by atoms with Crippen LogP contribution in [0.15, 0.2) is 24.4 Å². The van der Waals surface area contributed by atoms with Crippen molar-refractivity contribution < 1.29 is 4.79 Å². The summed E-state index contributed by atoms with van der Waals surface area (Å²) < 4.78 is 0. The molecule has 0 heterocycles. The van der Waals surface area contributed by atoms with Crippen LogP contribution in [0.5, 0.6) is 0 Å². The van der Waals surface area contributed by atoms with E-state index in [1.54, 1.807) is 6.08 Å². The molecule has 0 fully saturated rings. The van der Waals surface area contributed by atoms with Crippen LogP contribution in [0.4, 0.5) is 0 Å². The minimum Gasteiger partial charge on any atom is -0.378 e. The summed E-state index contributed by atoms with van der Waals surface area (Å²) in [6.07, 6.45) is 4.02. The van der Waals surface area contributed by atoms with Crippen LogP contribution in [-0.4, -0.2) is 23.9 Å². The molecule has 0 bridgehead atoms. The van der Waals surface area contributed by atoms with E-state index in [0.717, 1.165) is 13.1 Å². The standard InChI is InChI=1S/C10H18N2O/c1-4-7-9(10(11)13)8-12(5-2)6-3/h4,8H,1,5-7H2,2-3H3,(H2,11,13). The highest BCUT2D eigenvalue weighted by molar-refractivity contribution is 5.92. The maximum Gasteiger partial charge on any atom is 0.246 e. The van der Waals surface area contributed by atoms with E-state index in [4.69, 9.17) is 5.73 Å². The van der Waals surface area contributed by atoms with Crippen LogP contribution in [0.2, 0.25) is 0 Å². The van der Waals surface area contributed by atoms with Crippen LogP contribution < -0.4 is 5.73 Å². The molecule has 0 unspecified atom stereocenters. The maximum absolute atomic E-state index is 10.9. The molecule has 1 amide bonds. The number of rotatable bonds is 6. The Hall–Kier alpha value is -1.25. The summed E-state index contributed by atoms with van der Waals surface area (Å²) in [4.78, 5) is 13.0. The fraction of sp³-hybridized carbons (Fsp3) is 0.500. The molecule has 0 rings (SSSR count). The predicted octanol–water partition coefficient (Wildman–Crippen LogP) is 1.27. The first-order valence-corrected chi connectivity index (χ1v) is 4.51. The predicted molar refractivity (Wildman–Crippen MR) is 55.0 cm³/mol. The molecular formula is C10H18N2O. The van der Waals surface area contributed by atoms with Gasteiger partial charge in [0.15, 0.2) is 0 Å². The Labute approximate surface area is 79.9 Å². The van der Waals surface area contributed by atoms with Gasteiger partial charge in [-0.05, 0) is 20.3 Å². The number of hydrogen-bond donors (Lipinski definition) is 1. The summed E-state index contributed by atoms with van der Waals surface area (Å²) in [6, 6.07) is 0. The third-order valence-corrected chi connectivity index (χ3v) is 1.83. The monoisotopic (exact) mass is 182 g/mol. The fourth-order valence-corrected chi connectivity index (χ4v) is 0.999. The normalized spacial score (nSPS) is 11.1. The van der Waals surface area contributed by atoms with E-state index in [-0.39, 0.29) is 5.91 Å². The maximum atomic E-state index is 10.9. The quantitative estimate of drug-likeness (QED) is 0.496. The first-order valence-electron chi connectivity index (χ1n) is 4.51. The lowest BCUT2D eigenvalue weighted by molar-refractivity contribution is -0.114. The summed E-state index contributed by atoms with van der Waals surface area (Å²) in [7, 11) is 0. The van der Waals surface area contributed by atoms with Crippen LogP contribution in [0, 0.1) is 0 Å². The van der Waals surface area contributed by atoms with Crippen molar-refractivity contribution in [1.29, 1.82) is 0 Å². The zero-order chi connectivity index (χ0) is 10.3. The Bertz CT molecular complexity index is 205. The Morgan fingerprint density at radius 2 is 2.00 bits per heavy atom. The second-order valence-electron chi connectivity index (χ2n) is 2.73. The number of hydrogen-bond acceptors (Lipinski definition) is 2. The van der Waals surface area contributed by atoms with E-state index in [1.807, 2.05) is 24.9 Å². The van der Waals surface area contributed by atoms with Crippen LogP contribution in [0.25, 0.3) is 0 Å². The molecule has 0 aliphatic rings. The van der Waals surface area contributed by atoms with Crippen molar-refractivity contribution >= 4 is 5.91 Å². The van der Waals surface area contributed by atoms with E-state index in [1.165, 1.54) is 0 Å². The van der Waals surface area contributed by atoms with Gasteiger partial charge in [0, 0.05) is 24.9 Å². The van der Waals surface area contributed by atoms with Crippen molar-refractivity contribution in [2.45, 2.75) is 20.3 Å². The highest BCUT2D eigenvalue weighted by Gasteiger charge is 2.03. The van der Waals surface area contributed by atoms with E-state index in [2.05, 4.69) is 6.58 Å². The molecule has 74 valence electrons. The molecular weight excluding hydrogens is 164 g/mol. The molecule has 0 aromatic heterocycles. The lowest BCUT2D eigenvalue weighted by atomic mass is 10.2. The number of amides is 1. The average Bonchev–Trinajstić information content (AvgIpc) is 2.11. The van der Waals surface area contributed by atoms with Gasteiger partial charge in [0.25, 0.3) is 0 Å². The number of nitrogens with zero attached hydrogens (tertiary/aromatic N) is 1. The Kier molecular flexibility index (Phi) is 5.68. The number of carbonyl (C=O) groups excluding carboxylic acids is 1. The van der Waals surface area contributed by atoms with Crippen molar-refractivity contribution in [2.24, 2.45) is 5.73 Å². The van der Waals surface area contributed by atoms with Crippen LogP contribution in [0.3, 0.4) is 0 Å². The van der Waals surface area contributed by atoms with Gasteiger partial charge in [0.1, 0.15) is 0 Å². The van der Waals surface area contributed by atoms with Gasteiger partial charge >= 0.3 is 0 Å². The van der Waals surface area contributed by atoms with Gasteiger partial charge in [0.2, 0.25) is 5.91 Å². The van der Waals surface area contributed by atoms with Gasteiger partial charge < -0.3 is 10.6 Å². The molecule has 0 saturated carbocycles. The summed E-state index contributed by atoms with van der Waals surface area (Å²) >= 11 is 0. The second-order valence-corrected chi connectivity index (χ2v) is 2.73. The molecule has 0 atom stereocenters.